The first-order valence-electron chi connectivity index (χ1n) is 9.44. The summed E-state index contributed by atoms with van der Waals surface area (Å²) in [7, 11) is 0. The van der Waals surface area contributed by atoms with Gasteiger partial charge in [-0.3, -0.25) is 4.90 Å². The molecule has 1 aliphatic carbocycles. The van der Waals surface area contributed by atoms with Gasteiger partial charge >= 0.3 is 0 Å². The lowest BCUT2D eigenvalue weighted by atomic mass is 9.67. The molecule has 0 saturated heterocycles. The molecule has 1 aliphatic rings. The van der Waals surface area contributed by atoms with Gasteiger partial charge in [0.05, 0.1) is 0 Å². The van der Waals surface area contributed by atoms with Gasteiger partial charge in [0.2, 0.25) is 0 Å². The zero-order chi connectivity index (χ0) is 18.6. The zero-order valence-corrected chi connectivity index (χ0v) is 16.1. The summed E-state index contributed by atoms with van der Waals surface area (Å²) in [5.41, 5.74) is 3.92. The highest BCUT2D eigenvalue weighted by Crippen LogP contribution is 2.41. The van der Waals surface area contributed by atoms with Crippen molar-refractivity contribution < 1.29 is 4.79 Å². The van der Waals surface area contributed by atoms with Gasteiger partial charge in [0.1, 0.15) is 6.29 Å². The number of carbonyl (C=O) groups is 1. The number of aldehydes is 1. The lowest BCUT2D eigenvalue weighted by Gasteiger charge is -2.44. The maximum atomic E-state index is 12.0. The maximum absolute atomic E-state index is 12.0. The number of benzene rings is 2. The van der Waals surface area contributed by atoms with Crippen LogP contribution in [0.1, 0.15) is 38.3 Å². The van der Waals surface area contributed by atoms with Gasteiger partial charge in [0, 0.05) is 25.0 Å². The van der Waals surface area contributed by atoms with E-state index in [9.17, 15) is 4.79 Å². The number of carbonyl (C=O) groups excluding carboxylic acids is 1. The van der Waals surface area contributed by atoms with Crippen LogP contribution in [0.5, 0.6) is 0 Å². The average Bonchev–Trinajstić information content (AvgIpc) is 2.61. The Kier molecular flexibility index (Phi) is 5.73. The molecule has 2 nitrogen and oxygen atoms in total. The SMILES string of the molecule is CC1=C[C@@H](N(Cc2ccccc2)Cc2ccccc2)[C@H](C=O)C(C)(C)C1. The molecule has 0 unspecified atom stereocenters. The topological polar surface area (TPSA) is 20.3 Å². The highest BCUT2D eigenvalue weighted by molar-refractivity contribution is 5.58. The number of hydrogen-bond acceptors (Lipinski definition) is 2. The second-order valence-corrected chi connectivity index (χ2v) is 8.21. The Morgan fingerprint density at radius 1 is 0.962 bits per heavy atom. The van der Waals surface area contributed by atoms with Crippen molar-refractivity contribution in [2.24, 2.45) is 11.3 Å². The van der Waals surface area contributed by atoms with Crippen LogP contribution < -0.4 is 0 Å². The first kappa shape index (κ1) is 18.6. The summed E-state index contributed by atoms with van der Waals surface area (Å²) in [4.78, 5) is 14.5. The third-order valence-corrected chi connectivity index (χ3v) is 5.49. The van der Waals surface area contributed by atoms with E-state index in [1.807, 2.05) is 12.1 Å². The fourth-order valence-electron chi connectivity index (χ4n) is 4.25. The minimum atomic E-state index is -0.0170. The van der Waals surface area contributed by atoms with Crippen molar-refractivity contribution in [1.29, 1.82) is 0 Å². The summed E-state index contributed by atoms with van der Waals surface area (Å²) in [6.07, 6.45) is 4.48. The number of nitrogens with zero attached hydrogens (tertiary/aromatic N) is 1. The Balaban J connectivity index is 1.95. The van der Waals surface area contributed by atoms with E-state index >= 15 is 0 Å². The molecule has 0 radical (unpaired) electrons. The van der Waals surface area contributed by atoms with Crippen molar-refractivity contribution in [3.8, 4) is 0 Å². The van der Waals surface area contributed by atoms with Gasteiger partial charge in [-0.25, -0.2) is 0 Å². The molecule has 0 saturated carbocycles. The molecule has 0 aromatic heterocycles. The van der Waals surface area contributed by atoms with E-state index in [2.05, 4.69) is 80.3 Å². The summed E-state index contributed by atoms with van der Waals surface area (Å²) in [5.74, 6) is -0.00127. The Morgan fingerprint density at radius 3 is 1.92 bits per heavy atom. The molecule has 2 aromatic rings. The van der Waals surface area contributed by atoms with Gasteiger partial charge in [-0.2, -0.15) is 0 Å². The minimum absolute atomic E-state index is 0.00127. The van der Waals surface area contributed by atoms with Crippen LogP contribution in [-0.4, -0.2) is 17.2 Å². The van der Waals surface area contributed by atoms with Crippen molar-refractivity contribution >= 4 is 6.29 Å². The van der Waals surface area contributed by atoms with Crippen LogP contribution in [0.3, 0.4) is 0 Å². The first-order valence-corrected chi connectivity index (χ1v) is 9.44. The van der Waals surface area contributed by atoms with Gasteiger partial charge in [0.15, 0.2) is 0 Å². The fraction of sp³-hybridized carbons (Fsp3) is 0.375. The molecule has 3 rings (SSSR count). The Hall–Kier alpha value is -2.19. The summed E-state index contributed by atoms with van der Waals surface area (Å²) in [6.45, 7) is 8.31. The smallest absolute Gasteiger partial charge is 0.125 e. The van der Waals surface area contributed by atoms with Crippen LogP contribution in [0.15, 0.2) is 72.3 Å². The van der Waals surface area contributed by atoms with Crippen LogP contribution in [0, 0.1) is 11.3 Å². The molecule has 0 spiro atoms. The Morgan fingerprint density at radius 2 is 1.46 bits per heavy atom. The van der Waals surface area contributed by atoms with Gasteiger partial charge in [-0.1, -0.05) is 86.2 Å². The van der Waals surface area contributed by atoms with Crippen LogP contribution in [0.4, 0.5) is 0 Å². The molecule has 2 aromatic carbocycles. The second kappa shape index (κ2) is 8.01. The van der Waals surface area contributed by atoms with E-state index in [0.29, 0.717) is 0 Å². The molecule has 0 amide bonds. The van der Waals surface area contributed by atoms with Crippen molar-refractivity contribution in [3.05, 3.63) is 83.4 Å². The summed E-state index contributed by atoms with van der Waals surface area (Å²) in [6, 6.07) is 21.2. The van der Waals surface area contributed by atoms with Crippen molar-refractivity contribution in [1.82, 2.24) is 4.90 Å². The summed E-state index contributed by atoms with van der Waals surface area (Å²) >= 11 is 0. The number of rotatable bonds is 6. The van der Waals surface area contributed by atoms with Gasteiger partial charge in [0.25, 0.3) is 0 Å². The van der Waals surface area contributed by atoms with E-state index in [1.54, 1.807) is 0 Å². The van der Waals surface area contributed by atoms with E-state index in [0.717, 1.165) is 19.5 Å². The summed E-state index contributed by atoms with van der Waals surface area (Å²) < 4.78 is 0. The predicted molar refractivity (Wildman–Crippen MR) is 108 cm³/mol. The molecular weight excluding hydrogens is 318 g/mol. The quantitative estimate of drug-likeness (QED) is 0.525. The van der Waals surface area contributed by atoms with Gasteiger partial charge < -0.3 is 4.79 Å². The zero-order valence-electron chi connectivity index (χ0n) is 16.1. The van der Waals surface area contributed by atoms with Crippen molar-refractivity contribution in [2.75, 3.05) is 0 Å². The first-order chi connectivity index (χ1) is 12.5. The lowest BCUT2D eigenvalue weighted by molar-refractivity contribution is -0.117. The average molecular weight is 348 g/mol. The molecule has 0 fully saturated rings. The Labute approximate surface area is 157 Å². The molecule has 0 bridgehead atoms. The van der Waals surface area contributed by atoms with Crippen LogP contribution in [0.2, 0.25) is 0 Å². The van der Waals surface area contributed by atoms with E-state index in [4.69, 9.17) is 0 Å². The number of allylic oxidation sites excluding steroid dienone is 1. The number of hydrogen-bond donors (Lipinski definition) is 0. The molecular formula is C24H29NO. The highest BCUT2D eigenvalue weighted by atomic mass is 16.1. The van der Waals surface area contributed by atoms with Crippen molar-refractivity contribution in [2.45, 2.75) is 46.3 Å². The van der Waals surface area contributed by atoms with E-state index in [1.165, 1.54) is 23.0 Å². The lowest BCUT2D eigenvalue weighted by Crippen LogP contribution is -2.47. The van der Waals surface area contributed by atoms with E-state index < -0.39 is 0 Å². The summed E-state index contributed by atoms with van der Waals surface area (Å²) in [5, 5.41) is 0. The molecule has 0 N–H and O–H groups in total. The third kappa shape index (κ3) is 4.31. The van der Waals surface area contributed by atoms with E-state index in [-0.39, 0.29) is 17.4 Å². The maximum Gasteiger partial charge on any atom is 0.125 e. The van der Waals surface area contributed by atoms with Gasteiger partial charge in [-0.15, -0.1) is 0 Å². The third-order valence-electron chi connectivity index (χ3n) is 5.49. The normalized spacial score (nSPS) is 22.1. The van der Waals surface area contributed by atoms with Crippen LogP contribution >= 0.6 is 0 Å². The molecule has 2 atom stereocenters. The van der Waals surface area contributed by atoms with Crippen LogP contribution in [-0.2, 0) is 17.9 Å². The second-order valence-electron chi connectivity index (χ2n) is 8.21. The monoisotopic (exact) mass is 347 g/mol. The van der Waals surface area contributed by atoms with Crippen molar-refractivity contribution in [3.63, 3.8) is 0 Å². The largest absolute Gasteiger partial charge is 0.303 e. The van der Waals surface area contributed by atoms with Gasteiger partial charge in [-0.05, 0) is 29.9 Å². The van der Waals surface area contributed by atoms with Crippen LogP contribution in [0.25, 0.3) is 0 Å². The predicted octanol–water partition coefficient (Wildman–Crippen LogP) is 5.25. The Bertz CT molecular complexity index is 707. The minimum Gasteiger partial charge on any atom is -0.303 e. The standard InChI is InChI=1S/C24H29NO/c1-19-14-23(22(18-26)24(2,3)15-19)25(16-20-10-6-4-7-11-20)17-21-12-8-5-9-13-21/h4-14,18,22-23H,15-17H2,1-3H3/t22-,23+/m0/s1. The highest BCUT2D eigenvalue weighted by Gasteiger charge is 2.40. The molecule has 0 aliphatic heterocycles. The fourth-order valence-corrected chi connectivity index (χ4v) is 4.25. The molecule has 26 heavy (non-hydrogen) atoms. The molecule has 2 heteroatoms. The molecule has 0 heterocycles. The molecule has 136 valence electrons.